The van der Waals surface area contributed by atoms with Crippen LogP contribution in [-0.2, 0) is 0 Å². The van der Waals surface area contributed by atoms with Gasteiger partial charge in [-0.05, 0) is 52.2 Å². The van der Waals surface area contributed by atoms with Gasteiger partial charge in [0.15, 0.2) is 0 Å². The maximum atomic E-state index is 3.43. The molecule has 3 atom stereocenters. The fraction of sp³-hybridized carbons (Fsp3) is 1.00. The molecule has 3 heterocycles. The van der Waals surface area contributed by atoms with Gasteiger partial charge in [-0.3, -0.25) is 4.90 Å². The summed E-state index contributed by atoms with van der Waals surface area (Å²) in [7, 11) is 2.10. The van der Waals surface area contributed by atoms with Crippen LogP contribution in [0.15, 0.2) is 0 Å². The Kier molecular flexibility index (Phi) is 3.18. The molecule has 3 fully saturated rings. The smallest absolute Gasteiger partial charge is 0.0204 e. The summed E-state index contributed by atoms with van der Waals surface area (Å²) in [6, 6.07) is 2.56. The molecule has 1 N–H and O–H groups in total. The van der Waals surface area contributed by atoms with Crippen molar-refractivity contribution in [3.8, 4) is 0 Å². The lowest BCUT2D eigenvalue weighted by molar-refractivity contribution is 0.102. The van der Waals surface area contributed by atoms with Crippen LogP contribution < -0.4 is 5.32 Å². The first-order chi connectivity index (χ1) is 7.86. The number of likely N-dealkylation sites (tertiary alicyclic amines) is 1. The van der Waals surface area contributed by atoms with E-state index in [1.807, 2.05) is 0 Å². The number of nitrogens with one attached hydrogen (secondary N) is 1. The molecule has 0 radical (unpaired) electrons. The minimum atomic E-state index is 0.751. The van der Waals surface area contributed by atoms with Crippen LogP contribution in [0.2, 0.25) is 0 Å². The number of piperidine rings is 1. The van der Waals surface area contributed by atoms with Gasteiger partial charge in [0.05, 0.1) is 0 Å². The van der Waals surface area contributed by atoms with Crippen LogP contribution in [0.4, 0.5) is 0 Å². The van der Waals surface area contributed by atoms with Crippen molar-refractivity contribution in [1.82, 2.24) is 15.1 Å². The molecule has 0 spiro atoms. The Morgan fingerprint density at radius 1 is 0.938 bits per heavy atom. The van der Waals surface area contributed by atoms with Gasteiger partial charge in [-0.2, -0.15) is 0 Å². The summed E-state index contributed by atoms with van der Waals surface area (Å²) < 4.78 is 0. The number of nitrogens with zero attached hydrogens (tertiary/aromatic N) is 2. The normalized spacial score (nSPS) is 41.4. The van der Waals surface area contributed by atoms with Crippen molar-refractivity contribution < 1.29 is 0 Å². The standard InChI is InChI=1S/C13H25N3/c1-14-11-4-7-16(10-11)13-5-8-15-6-2-3-12(15)9-13/h11-14H,2-10H2,1H3. The summed E-state index contributed by atoms with van der Waals surface area (Å²) in [5, 5.41) is 3.43. The second-order valence-corrected chi connectivity index (χ2v) is 5.78. The number of fused-ring (bicyclic) bond motifs is 1. The SMILES string of the molecule is CNC1CCN(C2CCN3CCCC3C2)C1. The summed E-state index contributed by atoms with van der Waals surface area (Å²) in [4.78, 5) is 5.47. The van der Waals surface area contributed by atoms with Crippen molar-refractivity contribution >= 4 is 0 Å². The lowest BCUT2D eigenvalue weighted by Crippen LogP contribution is -2.47. The first-order valence-corrected chi connectivity index (χ1v) is 7.02. The first kappa shape index (κ1) is 11.0. The van der Waals surface area contributed by atoms with Crippen LogP contribution in [0.3, 0.4) is 0 Å². The summed E-state index contributed by atoms with van der Waals surface area (Å²) in [6.07, 6.45) is 7.10. The van der Waals surface area contributed by atoms with Crippen molar-refractivity contribution in [1.29, 1.82) is 0 Å². The van der Waals surface area contributed by atoms with Gasteiger partial charge in [-0.1, -0.05) is 0 Å². The van der Waals surface area contributed by atoms with Crippen LogP contribution in [0.1, 0.15) is 32.1 Å². The quantitative estimate of drug-likeness (QED) is 0.750. The summed E-state index contributed by atoms with van der Waals surface area (Å²) in [5.41, 5.74) is 0. The van der Waals surface area contributed by atoms with Crippen molar-refractivity contribution in [3.05, 3.63) is 0 Å². The second kappa shape index (κ2) is 4.63. The van der Waals surface area contributed by atoms with E-state index in [9.17, 15) is 0 Å². The van der Waals surface area contributed by atoms with Crippen molar-refractivity contribution in [2.75, 3.05) is 33.2 Å². The van der Waals surface area contributed by atoms with E-state index in [1.165, 1.54) is 58.3 Å². The molecule has 0 saturated carbocycles. The molecule has 3 rings (SSSR count). The minimum Gasteiger partial charge on any atom is -0.316 e. The Labute approximate surface area is 99.2 Å². The Bertz CT molecular complexity index is 243. The summed E-state index contributed by atoms with van der Waals surface area (Å²) in [6.45, 7) is 5.34. The zero-order valence-electron chi connectivity index (χ0n) is 10.5. The van der Waals surface area contributed by atoms with Crippen molar-refractivity contribution in [2.45, 2.75) is 50.2 Å². The van der Waals surface area contributed by atoms with Crippen molar-refractivity contribution in [3.63, 3.8) is 0 Å². The van der Waals surface area contributed by atoms with Gasteiger partial charge in [0.1, 0.15) is 0 Å². The van der Waals surface area contributed by atoms with Crippen LogP contribution in [0.5, 0.6) is 0 Å². The average Bonchev–Trinajstić information content (AvgIpc) is 2.96. The largest absolute Gasteiger partial charge is 0.316 e. The maximum Gasteiger partial charge on any atom is 0.0204 e. The van der Waals surface area contributed by atoms with Gasteiger partial charge >= 0.3 is 0 Å². The molecular formula is C13H25N3. The first-order valence-electron chi connectivity index (χ1n) is 7.02. The van der Waals surface area contributed by atoms with Gasteiger partial charge in [0.2, 0.25) is 0 Å². The molecule has 3 aliphatic heterocycles. The number of hydrogen-bond acceptors (Lipinski definition) is 3. The second-order valence-electron chi connectivity index (χ2n) is 5.78. The van der Waals surface area contributed by atoms with Gasteiger partial charge < -0.3 is 10.2 Å². The molecular weight excluding hydrogens is 198 g/mol. The van der Waals surface area contributed by atoms with Crippen LogP contribution >= 0.6 is 0 Å². The monoisotopic (exact) mass is 223 g/mol. The third-order valence-electron chi connectivity index (χ3n) is 4.94. The van der Waals surface area contributed by atoms with E-state index in [-0.39, 0.29) is 0 Å². The molecule has 0 amide bonds. The highest BCUT2D eigenvalue weighted by Gasteiger charge is 2.36. The van der Waals surface area contributed by atoms with Crippen LogP contribution in [-0.4, -0.2) is 61.2 Å². The Morgan fingerprint density at radius 3 is 2.56 bits per heavy atom. The number of likely N-dealkylation sites (N-methyl/N-ethyl adjacent to an activating group) is 1. The highest BCUT2D eigenvalue weighted by atomic mass is 15.3. The predicted octanol–water partition coefficient (Wildman–Crippen LogP) is 0.907. The molecule has 0 bridgehead atoms. The number of hydrogen-bond donors (Lipinski definition) is 1. The maximum absolute atomic E-state index is 3.43. The average molecular weight is 223 g/mol. The molecule has 3 unspecified atom stereocenters. The molecule has 3 heteroatoms. The third-order valence-corrected chi connectivity index (χ3v) is 4.94. The van der Waals surface area contributed by atoms with Gasteiger partial charge in [0, 0.05) is 31.2 Å². The molecule has 0 aliphatic carbocycles. The fourth-order valence-electron chi connectivity index (χ4n) is 3.89. The van der Waals surface area contributed by atoms with Crippen LogP contribution in [0, 0.1) is 0 Å². The van der Waals surface area contributed by atoms with Gasteiger partial charge in [-0.25, -0.2) is 0 Å². The lowest BCUT2D eigenvalue weighted by Gasteiger charge is -2.39. The summed E-state index contributed by atoms with van der Waals surface area (Å²) in [5.74, 6) is 0. The highest BCUT2D eigenvalue weighted by molar-refractivity contribution is 4.93. The topological polar surface area (TPSA) is 18.5 Å². The van der Waals surface area contributed by atoms with Crippen molar-refractivity contribution in [2.24, 2.45) is 0 Å². The zero-order chi connectivity index (χ0) is 11.0. The molecule has 16 heavy (non-hydrogen) atoms. The van der Waals surface area contributed by atoms with E-state index >= 15 is 0 Å². The van der Waals surface area contributed by atoms with Gasteiger partial charge in [0.25, 0.3) is 0 Å². The lowest BCUT2D eigenvalue weighted by atomic mass is 9.96. The van der Waals surface area contributed by atoms with E-state index in [1.54, 1.807) is 0 Å². The van der Waals surface area contributed by atoms with E-state index in [0.29, 0.717) is 0 Å². The third kappa shape index (κ3) is 2.01. The molecule has 3 nitrogen and oxygen atoms in total. The Hall–Kier alpha value is -0.120. The molecule has 0 aromatic carbocycles. The van der Waals surface area contributed by atoms with E-state index in [0.717, 1.165) is 18.1 Å². The molecule has 3 saturated heterocycles. The highest BCUT2D eigenvalue weighted by Crippen LogP contribution is 2.30. The molecule has 3 aliphatic rings. The molecule has 0 aromatic heterocycles. The van der Waals surface area contributed by atoms with E-state index in [2.05, 4.69) is 22.2 Å². The molecule has 0 aromatic rings. The Morgan fingerprint density at radius 2 is 1.75 bits per heavy atom. The zero-order valence-corrected chi connectivity index (χ0v) is 10.5. The Balaban J connectivity index is 1.56. The fourth-order valence-corrected chi connectivity index (χ4v) is 3.89. The van der Waals surface area contributed by atoms with Gasteiger partial charge in [-0.15, -0.1) is 0 Å². The van der Waals surface area contributed by atoms with E-state index in [4.69, 9.17) is 0 Å². The van der Waals surface area contributed by atoms with Crippen LogP contribution in [0.25, 0.3) is 0 Å². The minimum absolute atomic E-state index is 0.751. The summed E-state index contributed by atoms with van der Waals surface area (Å²) >= 11 is 0. The molecule has 92 valence electrons. The predicted molar refractivity (Wildman–Crippen MR) is 66.7 cm³/mol. The number of rotatable bonds is 2. The van der Waals surface area contributed by atoms with E-state index < -0.39 is 0 Å².